The van der Waals surface area contributed by atoms with Crippen molar-refractivity contribution in [2.24, 2.45) is 11.7 Å². The van der Waals surface area contributed by atoms with Gasteiger partial charge in [-0.25, -0.2) is 8.42 Å². The van der Waals surface area contributed by atoms with Crippen LogP contribution in [0.2, 0.25) is 0 Å². The van der Waals surface area contributed by atoms with Crippen LogP contribution in [0.5, 0.6) is 0 Å². The third-order valence-electron chi connectivity index (χ3n) is 7.42. The summed E-state index contributed by atoms with van der Waals surface area (Å²) in [6.45, 7) is 0.0936. The van der Waals surface area contributed by atoms with Gasteiger partial charge in [0.1, 0.15) is 24.4 Å². The SMILES string of the molecule is CS(=O)(=O)c1cnnc(-c2cc([C@@H](C(=O)N3C[C@H](Cl)[C@H]4OCC(=O)[C@H]43)C3CCCCC3)c(C(N)=O)s2)c1. The number of carbonyl (C=O) groups is 3. The van der Waals surface area contributed by atoms with Gasteiger partial charge in [0, 0.05) is 12.8 Å². The van der Waals surface area contributed by atoms with Crippen molar-refractivity contribution in [2.45, 2.75) is 60.4 Å². The fraction of sp³-hybridized carbons (Fsp3) is 0.542. The van der Waals surface area contributed by atoms with Gasteiger partial charge in [-0.2, -0.15) is 5.10 Å². The number of hydrogen-bond acceptors (Lipinski definition) is 9. The molecule has 2 aromatic heterocycles. The van der Waals surface area contributed by atoms with Crippen molar-refractivity contribution < 1.29 is 27.5 Å². The minimum absolute atomic E-state index is 0.0102. The van der Waals surface area contributed by atoms with Gasteiger partial charge in [0.15, 0.2) is 15.6 Å². The van der Waals surface area contributed by atoms with E-state index >= 15 is 0 Å². The number of Topliss-reactive ketones (excluding diaryl/α,β-unsaturated/α-hetero) is 1. The Balaban J connectivity index is 1.59. The highest BCUT2D eigenvalue weighted by atomic mass is 35.5. The van der Waals surface area contributed by atoms with Crippen molar-refractivity contribution in [1.29, 1.82) is 0 Å². The number of primary amides is 1. The Labute approximate surface area is 223 Å². The van der Waals surface area contributed by atoms with Gasteiger partial charge in [-0.05, 0) is 36.5 Å². The number of aromatic nitrogens is 2. The molecule has 10 nitrogen and oxygen atoms in total. The number of carbonyl (C=O) groups excluding carboxylic acids is 3. The maximum absolute atomic E-state index is 14.2. The average Bonchev–Trinajstić information content (AvgIpc) is 3.56. The van der Waals surface area contributed by atoms with Gasteiger partial charge in [-0.3, -0.25) is 14.4 Å². The Bertz CT molecular complexity index is 1360. The summed E-state index contributed by atoms with van der Waals surface area (Å²) in [5.74, 6) is -1.91. The molecule has 37 heavy (non-hydrogen) atoms. The van der Waals surface area contributed by atoms with Crippen LogP contribution >= 0.6 is 22.9 Å². The summed E-state index contributed by atoms with van der Waals surface area (Å²) in [6.07, 6.45) is 6.22. The van der Waals surface area contributed by atoms with Gasteiger partial charge >= 0.3 is 0 Å². The highest BCUT2D eigenvalue weighted by Gasteiger charge is 2.53. The van der Waals surface area contributed by atoms with Gasteiger partial charge < -0.3 is 15.4 Å². The lowest BCUT2D eigenvalue weighted by atomic mass is 9.76. The molecule has 0 bridgehead atoms. The molecule has 0 unspecified atom stereocenters. The molecular weight excluding hydrogens is 540 g/mol. The van der Waals surface area contributed by atoms with E-state index < -0.39 is 39.2 Å². The number of sulfone groups is 1. The molecule has 2 aliphatic heterocycles. The zero-order valence-electron chi connectivity index (χ0n) is 20.1. The Morgan fingerprint density at radius 1 is 1.24 bits per heavy atom. The van der Waals surface area contributed by atoms with Crippen molar-refractivity contribution in [3.63, 3.8) is 0 Å². The Kier molecular flexibility index (Phi) is 7.12. The van der Waals surface area contributed by atoms with E-state index in [2.05, 4.69) is 10.2 Å². The van der Waals surface area contributed by atoms with Crippen molar-refractivity contribution in [3.05, 3.63) is 28.8 Å². The molecule has 2 N–H and O–H groups in total. The molecule has 3 fully saturated rings. The highest BCUT2D eigenvalue weighted by molar-refractivity contribution is 7.90. The predicted octanol–water partition coefficient (Wildman–Crippen LogP) is 2.16. The molecule has 1 saturated carbocycles. The summed E-state index contributed by atoms with van der Waals surface area (Å²) in [4.78, 5) is 41.6. The standard InChI is InChI=1S/C24H27ClN4O6S2/c1-37(33,34)13-7-16(28-27-9-13)18-8-14(22(36-18)23(26)31)19(12-5-3-2-4-6-12)24(32)29-10-15(25)21-20(29)17(30)11-35-21/h7-9,12,15,19-21H,2-6,10-11H2,1H3,(H2,26,31)/t15-,19-,20+,21+/m0/s1. The van der Waals surface area contributed by atoms with Gasteiger partial charge in [0.2, 0.25) is 5.91 Å². The molecule has 2 amide bonds. The molecule has 0 radical (unpaired) electrons. The van der Waals surface area contributed by atoms with Crippen LogP contribution in [0.25, 0.3) is 10.6 Å². The first-order chi connectivity index (χ1) is 17.6. The topological polar surface area (TPSA) is 150 Å². The van der Waals surface area contributed by atoms with Crippen LogP contribution in [0.15, 0.2) is 23.2 Å². The fourth-order valence-electron chi connectivity index (χ4n) is 5.69. The van der Waals surface area contributed by atoms with E-state index in [4.69, 9.17) is 22.1 Å². The molecule has 3 aliphatic rings. The highest BCUT2D eigenvalue weighted by Crippen LogP contribution is 2.44. The van der Waals surface area contributed by atoms with E-state index in [0.29, 0.717) is 10.4 Å². The van der Waals surface area contributed by atoms with E-state index in [0.717, 1.165) is 55.9 Å². The monoisotopic (exact) mass is 566 g/mol. The van der Waals surface area contributed by atoms with Gasteiger partial charge in [-0.1, -0.05) is 19.3 Å². The lowest BCUT2D eigenvalue weighted by Gasteiger charge is -2.34. The maximum Gasteiger partial charge on any atom is 0.259 e. The summed E-state index contributed by atoms with van der Waals surface area (Å²) >= 11 is 7.52. The molecule has 5 rings (SSSR count). The maximum atomic E-state index is 14.2. The van der Waals surface area contributed by atoms with Crippen molar-refractivity contribution >= 4 is 50.4 Å². The van der Waals surface area contributed by atoms with Crippen LogP contribution in [-0.2, 0) is 24.2 Å². The van der Waals surface area contributed by atoms with E-state index in [1.807, 2.05) is 0 Å². The third kappa shape index (κ3) is 4.91. The molecular formula is C24H27ClN4O6S2. The van der Waals surface area contributed by atoms with Crippen LogP contribution in [0.4, 0.5) is 0 Å². The molecule has 198 valence electrons. The van der Waals surface area contributed by atoms with Crippen LogP contribution < -0.4 is 5.73 Å². The van der Waals surface area contributed by atoms with Gasteiger partial charge in [-0.15, -0.1) is 28.0 Å². The smallest absolute Gasteiger partial charge is 0.259 e. The first-order valence-corrected chi connectivity index (χ1v) is 15.3. The number of alkyl halides is 1. The largest absolute Gasteiger partial charge is 0.366 e. The molecule has 2 saturated heterocycles. The fourth-order valence-corrected chi connectivity index (χ4v) is 7.62. The minimum Gasteiger partial charge on any atom is -0.366 e. The molecule has 0 spiro atoms. The molecule has 13 heteroatoms. The summed E-state index contributed by atoms with van der Waals surface area (Å²) in [7, 11) is -3.54. The molecule has 1 aliphatic carbocycles. The van der Waals surface area contributed by atoms with Crippen molar-refractivity contribution in [1.82, 2.24) is 15.1 Å². The van der Waals surface area contributed by atoms with Crippen LogP contribution in [0.3, 0.4) is 0 Å². The molecule has 0 aromatic carbocycles. The van der Waals surface area contributed by atoms with Gasteiger partial charge in [0.25, 0.3) is 5.91 Å². The van der Waals surface area contributed by atoms with E-state index in [-0.39, 0.29) is 46.2 Å². The number of amides is 2. The number of thiophene rings is 1. The Morgan fingerprint density at radius 2 is 1.97 bits per heavy atom. The molecule has 4 atom stereocenters. The first-order valence-electron chi connectivity index (χ1n) is 12.1. The number of ketones is 1. The normalized spacial score (nSPS) is 25.3. The van der Waals surface area contributed by atoms with E-state index in [1.54, 1.807) is 6.07 Å². The molecule has 4 heterocycles. The van der Waals surface area contributed by atoms with E-state index in [9.17, 15) is 22.8 Å². The van der Waals surface area contributed by atoms with Crippen LogP contribution in [0.1, 0.15) is 53.3 Å². The second-order valence-corrected chi connectivity index (χ2v) is 13.5. The van der Waals surface area contributed by atoms with Crippen LogP contribution in [0, 0.1) is 5.92 Å². The number of ether oxygens (including phenoxy) is 1. The number of likely N-dealkylation sites (tertiary alicyclic amines) is 1. The number of nitrogens with zero attached hydrogens (tertiary/aromatic N) is 3. The second kappa shape index (κ2) is 10.0. The first kappa shape index (κ1) is 26.2. The number of nitrogens with two attached hydrogens (primary N) is 1. The van der Waals surface area contributed by atoms with Crippen molar-refractivity contribution in [2.75, 3.05) is 19.4 Å². The predicted molar refractivity (Wildman–Crippen MR) is 136 cm³/mol. The summed E-state index contributed by atoms with van der Waals surface area (Å²) in [5.41, 5.74) is 6.51. The minimum atomic E-state index is -3.54. The lowest BCUT2D eigenvalue weighted by Crippen LogP contribution is -2.46. The second-order valence-electron chi connectivity index (χ2n) is 9.88. The third-order valence-corrected chi connectivity index (χ3v) is 10.1. The number of hydrogen-bond donors (Lipinski definition) is 1. The Morgan fingerprint density at radius 3 is 2.65 bits per heavy atom. The van der Waals surface area contributed by atoms with Gasteiger partial charge in [0.05, 0.1) is 32.1 Å². The number of rotatable bonds is 6. The summed E-state index contributed by atoms with van der Waals surface area (Å²) in [5, 5.41) is 7.38. The molecule has 2 aromatic rings. The zero-order valence-corrected chi connectivity index (χ0v) is 22.5. The average molecular weight is 567 g/mol. The number of fused-ring (bicyclic) bond motifs is 1. The van der Waals surface area contributed by atoms with Crippen molar-refractivity contribution in [3.8, 4) is 10.6 Å². The van der Waals surface area contributed by atoms with Crippen LogP contribution in [-0.4, -0.2) is 78.0 Å². The zero-order chi connectivity index (χ0) is 26.5. The van der Waals surface area contributed by atoms with E-state index in [1.165, 1.54) is 11.0 Å². The summed E-state index contributed by atoms with van der Waals surface area (Å²) < 4.78 is 29.7. The lowest BCUT2D eigenvalue weighted by molar-refractivity contribution is -0.139. The Hall–Kier alpha value is -2.41. The summed E-state index contributed by atoms with van der Waals surface area (Å²) in [6, 6.07) is 2.34. The number of halogens is 1. The quantitative estimate of drug-likeness (QED) is 0.523.